The van der Waals surface area contributed by atoms with Crippen molar-refractivity contribution in [2.45, 2.75) is 45.3 Å². The van der Waals surface area contributed by atoms with Gasteiger partial charge in [-0.25, -0.2) is 4.39 Å². The number of aryl methyl sites for hydroxylation is 1. The summed E-state index contributed by atoms with van der Waals surface area (Å²) in [7, 11) is 1.97. The number of halogens is 1. The Kier molecular flexibility index (Phi) is 6.57. The van der Waals surface area contributed by atoms with Gasteiger partial charge in [0.25, 0.3) is 0 Å². The number of hydrogen-bond donors (Lipinski definition) is 0. The van der Waals surface area contributed by atoms with Gasteiger partial charge in [-0.1, -0.05) is 23.5 Å². The van der Waals surface area contributed by atoms with Crippen molar-refractivity contribution in [2.24, 2.45) is 0 Å². The maximum atomic E-state index is 13.3. The number of nitrogens with zero attached hydrogens (tertiary/aromatic N) is 5. The molecule has 1 aliphatic rings. The molecule has 1 unspecified atom stereocenters. The minimum absolute atomic E-state index is 0.0997. The standard InChI is InChI=1S/C23H28FN5OS/c1-15(24)14-28(3)21-6-8-29(9-7-21)22(30)12-20-11-19-10-17(4-5-18(19)13-25-20)23-27-26-16(2)31-23/h4-5,10-11,13,15,21H,6-9,12,14H2,1-3H3. The molecule has 0 bridgehead atoms. The third-order valence-corrected chi connectivity index (χ3v) is 6.75. The van der Waals surface area contributed by atoms with E-state index in [4.69, 9.17) is 0 Å². The fourth-order valence-corrected chi connectivity index (χ4v) is 4.89. The second-order valence-electron chi connectivity index (χ2n) is 8.37. The van der Waals surface area contributed by atoms with Crippen molar-refractivity contribution in [3.8, 4) is 10.6 Å². The maximum Gasteiger partial charge on any atom is 0.228 e. The van der Waals surface area contributed by atoms with Gasteiger partial charge in [0, 0.05) is 42.8 Å². The zero-order chi connectivity index (χ0) is 22.0. The number of carbonyl (C=O) groups is 1. The third-order valence-electron chi connectivity index (χ3n) is 5.86. The molecule has 1 saturated heterocycles. The fourth-order valence-electron chi connectivity index (χ4n) is 4.20. The zero-order valence-corrected chi connectivity index (χ0v) is 19.0. The van der Waals surface area contributed by atoms with E-state index in [-0.39, 0.29) is 5.91 Å². The van der Waals surface area contributed by atoms with Crippen LogP contribution in [0.1, 0.15) is 30.5 Å². The molecule has 1 amide bonds. The summed E-state index contributed by atoms with van der Waals surface area (Å²) in [6, 6.07) is 8.47. The van der Waals surface area contributed by atoms with Crippen LogP contribution >= 0.6 is 11.3 Å². The highest BCUT2D eigenvalue weighted by molar-refractivity contribution is 7.14. The van der Waals surface area contributed by atoms with Gasteiger partial charge >= 0.3 is 0 Å². The monoisotopic (exact) mass is 441 g/mol. The minimum Gasteiger partial charge on any atom is -0.342 e. The molecule has 3 heterocycles. The van der Waals surface area contributed by atoms with Gasteiger partial charge in [-0.05, 0) is 51.3 Å². The quantitative estimate of drug-likeness (QED) is 0.581. The van der Waals surface area contributed by atoms with Gasteiger partial charge in [0.05, 0.1) is 12.1 Å². The predicted octanol–water partition coefficient (Wildman–Crippen LogP) is 3.89. The van der Waals surface area contributed by atoms with Gasteiger partial charge in [0.2, 0.25) is 5.91 Å². The number of alkyl halides is 1. The van der Waals surface area contributed by atoms with Crippen LogP contribution in [0.15, 0.2) is 30.5 Å². The summed E-state index contributed by atoms with van der Waals surface area (Å²) in [4.78, 5) is 21.3. The van der Waals surface area contributed by atoms with Crippen molar-refractivity contribution in [3.05, 3.63) is 41.2 Å². The first-order valence-electron chi connectivity index (χ1n) is 10.7. The van der Waals surface area contributed by atoms with E-state index < -0.39 is 6.17 Å². The summed E-state index contributed by atoms with van der Waals surface area (Å²) < 4.78 is 13.3. The number of benzene rings is 1. The Morgan fingerprint density at radius 2 is 2.03 bits per heavy atom. The highest BCUT2D eigenvalue weighted by Gasteiger charge is 2.26. The largest absolute Gasteiger partial charge is 0.342 e. The average Bonchev–Trinajstić information content (AvgIpc) is 3.19. The molecular weight excluding hydrogens is 413 g/mol. The number of pyridine rings is 1. The van der Waals surface area contributed by atoms with E-state index in [1.807, 2.05) is 43.3 Å². The highest BCUT2D eigenvalue weighted by atomic mass is 32.1. The number of amides is 1. The van der Waals surface area contributed by atoms with E-state index in [2.05, 4.69) is 26.1 Å². The molecule has 31 heavy (non-hydrogen) atoms. The van der Waals surface area contributed by atoms with Crippen molar-refractivity contribution in [2.75, 3.05) is 26.7 Å². The number of rotatable bonds is 6. The van der Waals surface area contributed by atoms with Gasteiger partial charge < -0.3 is 9.80 Å². The topological polar surface area (TPSA) is 62.2 Å². The molecule has 1 aromatic carbocycles. The number of likely N-dealkylation sites (tertiary alicyclic amines) is 1. The highest BCUT2D eigenvalue weighted by Crippen LogP contribution is 2.27. The van der Waals surface area contributed by atoms with E-state index >= 15 is 0 Å². The smallest absolute Gasteiger partial charge is 0.228 e. The second kappa shape index (κ2) is 9.36. The van der Waals surface area contributed by atoms with Crippen LogP contribution in [0.2, 0.25) is 0 Å². The molecule has 8 heteroatoms. The van der Waals surface area contributed by atoms with E-state index in [1.54, 1.807) is 18.3 Å². The molecule has 0 N–H and O–H groups in total. The lowest BCUT2D eigenvalue weighted by molar-refractivity contribution is -0.132. The number of aromatic nitrogens is 3. The molecule has 6 nitrogen and oxygen atoms in total. The van der Waals surface area contributed by atoms with Crippen LogP contribution in [-0.4, -0.2) is 69.8 Å². The zero-order valence-electron chi connectivity index (χ0n) is 18.2. The Bertz CT molecular complexity index is 1060. The molecule has 1 fully saturated rings. The molecule has 0 aliphatic carbocycles. The van der Waals surface area contributed by atoms with Crippen molar-refractivity contribution < 1.29 is 9.18 Å². The second-order valence-corrected chi connectivity index (χ2v) is 9.55. The van der Waals surface area contributed by atoms with Crippen LogP contribution in [-0.2, 0) is 11.2 Å². The molecule has 1 aliphatic heterocycles. The molecular formula is C23H28FN5OS. The predicted molar refractivity (Wildman–Crippen MR) is 122 cm³/mol. The molecule has 2 aromatic heterocycles. The third kappa shape index (κ3) is 5.25. The first kappa shape index (κ1) is 21.8. The number of fused-ring (bicyclic) bond motifs is 1. The van der Waals surface area contributed by atoms with Crippen molar-refractivity contribution in [3.63, 3.8) is 0 Å². The van der Waals surface area contributed by atoms with Crippen molar-refractivity contribution in [1.82, 2.24) is 25.0 Å². The number of carbonyl (C=O) groups excluding carboxylic acids is 1. The number of piperidine rings is 1. The van der Waals surface area contributed by atoms with Gasteiger partial charge in [-0.15, -0.1) is 10.2 Å². The fraction of sp³-hybridized carbons (Fsp3) is 0.478. The Labute approximate surface area is 186 Å². The van der Waals surface area contributed by atoms with Crippen LogP contribution in [0, 0.1) is 6.92 Å². The van der Waals surface area contributed by atoms with Crippen LogP contribution in [0.5, 0.6) is 0 Å². The van der Waals surface area contributed by atoms with Crippen LogP contribution < -0.4 is 0 Å². The van der Waals surface area contributed by atoms with Gasteiger partial charge in [0.1, 0.15) is 16.2 Å². The van der Waals surface area contributed by atoms with Crippen molar-refractivity contribution in [1.29, 1.82) is 0 Å². The Balaban J connectivity index is 1.41. The first-order chi connectivity index (χ1) is 14.9. The lowest BCUT2D eigenvalue weighted by Gasteiger charge is -2.37. The summed E-state index contributed by atoms with van der Waals surface area (Å²) in [5.74, 6) is 0.0997. The van der Waals surface area contributed by atoms with Crippen LogP contribution in [0.4, 0.5) is 4.39 Å². The Morgan fingerprint density at radius 3 is 2.71 bits per heavy atom. The molecule has 1 atom stereocenters. The van der Waals surface area contributed by atoms with Crippen LogP contribution in [0.25, 0.3) is 21.3 Å². The van der Waals surface area contributed by atoms with E-state index in [1.165, 1.54) is 0 Å². The molecule has 3 aromatic rings. The summed E-state index contributed by atoms with van der Waals surface area (Å²) in [5.41, 5.74) is 1.80. The first-order valence-corrected chi connectivity index (χ1v) is 11.5. The molecule has 0 spiro atoms. The average molecular weight is 442 g/mol. The van der Waals surface area contributed by atoms with E-state index in [0.717, 1.165) is 44.9 Å². The Morgan fingerprint density at radius 1 is 1.26 bits per heavy atom. The summed E-state index contributed by atoms with van der Waals surface area (Å²) in [5, 5.41) is 12.2. The van der Waals surface area contributed by atoms with Crippen LogP contribution in [0.3, 0.4) is 0 Å². The normalized spacial score (nSPS) is 16.2. The molecule has 0 saturated carbocycles. The molecule has 4 rings (SSSR count). The number of hydrogen-bond acceptors (Lipinski definition) is 6. The lowest BCUT2D eigenvalue weighted by atomic mass is 10.0. The van der Waals surface area contributed by atoms with E-state index in [0.29, 0.717) is 32.1 Å². The summed E-state index contributed by atoms with van der Waals surface area (Å²) >= 11 is 1.57. The minimum atomic E-state index is -0.833. The van der Waals surface area contributed by atoms with E-state index in [9.17, 15) is 9.18 Å². The van der Waals surface area contributed by atoms with Gasteiger partial charge in [-0.3, -0.25) is 9.78 Å². The molecule has 164 valence electrons. The lowest BCUT2D eigenvalue weighted by Crippen LogP contribution is -2.47. The van der Waals surface area contributed by atoms with Gasteiger partial charge in [0.15, 0.2) is 0 Å². The maximum absolute atomic E-state index is 13.3. The summed E-state index contributed by atoms with van der Waals surface area (Å²) in [6.45, 7) is 5.39. The van der Waals surface area contributed by atoms with Gasteiger partial charge in [-0.2, -0.15) is 0 Å². The molecule has 0 radical (unpaired) electrons. The summed E-state index contributed by atoms with van der Waals surface area (Å²) in [6.07, 6.45) is 3.04. The van der Waals surface area contributed by atoms with Crippen molar-refractivity contribution >= 4 is 28.0 Å². The SMILES string of the molecule is Cc1nnc(-c2ccc3cnc(CC(=O)N4CCC(N(C)CC(C)F)CC4)cc3c2)s1. The Hall–Kier alpha value is -2.45.